The minimum absolute atomic E-state index is 0.392. The van der Waals surface area contributed by atoms with Gasteiger partial charge in [-0.25, -0.2) is 4.98 Å². The Morgan fingerprint density at radius 3 is 2.74 bits per heavy atom. The number of hydrogen-bond acceptors (Lipinski definition) is 4. The summed E-state index contributed by atoms with van der Waals surface area (Å²) in [5.74, 6) is 0.941. The summed E-state index contributed by atoms with van der Waals surface area (Å²) in [6.45, 7) is 1.45. The van der Waals surface area contributed by atoms with Crippen LogP contribution in [-0.2, 0) is 6.54 Å². The average molecular weight is 254 g/mol. The van der Waals surface area contributed by atoms with Gasteiger partial charge in [0.2, 0.25) is 0 Å². The van der Waals surface area contributed by atoms with Gasteiger partial charge in [-0.2, -0.15) is 0 Å². The SMILES string of the molecule is NCc1nccnc1N1CCCC1c1ccccc1. The van der Waals surface area contributed by atoms with Gasteiger partial charge in [0, 0.05) is 25.5 Å². The highest BCUT2D eigenvalue weighted by Gasteiger charge is 2.28. The van der Waals surface area contributed by atoms with Gasteiger partial charge < -0.3 is 10.6 Å². The van der Waals surface area contributed by atoms with Crippen LogP contribution in [0, 0.1) is 0 Å². The summed E-state index contributed by atoms with van der Waals surface area (Å²) in [4.78, 5) is 11.2. The van der Waals surface area contributed by atoms with Crippen LogP contribution in [0.2, 0.25) is 0 Å². The highest BCUT2D eigenvalue weighted by molar-refractivity contribution is 5.47. The molecule has 0 bridgehead atoms. The van der Waals surface area contributed by atoms with Crippen LogP contribution in [0.5, 0.6) is 0 Å². The van der Waals surface area contributed by atoms with Crippen LogP contribution in [0.3, 0.4) is 0 Å². The number of benzene rings is 1. The molecule has 3 rings (SSSR count). The van der Waals surface area contributed by atoms with Crippen molar-refractivity contribution in [3.8, 4) is 0 Å². The third kappa shape index (κ3) is 2.31. The number of nitrogens with two attached hydrogens (primary N) is 1. The molecular formula is C15H18N4. The van der Waals surface area contributed by atoms with Crippen LogP contribution in [0.1, 0.15) is 30.1 Å². The molecular weight excluding hydrogens is 236 g/mol. The van der Waals surface area contributed by atoms with Crippen molar-refractivity contribution in [3.05, 3.63) is 54.0 Å². The highest BCUT2D eigenvalue weighted by atomic mass is 15.2. The molecule has 0 saturated carbocycles. The molecule has 2 N–H and O–H groups in total. The Labute approximate surface area is 113 Å². The lowest BCUT2D eigenvalue weighted by Crippen LogP contribution is -2.25. The lowest BCUT2D eigenvalue weighted by Gasteiger charge is -2.27. The van der Waals surface area contributed by atoms with E-state index in [2.05, 4.69) is 45.2 Å². The van der Waals surface area contributed by atoms with E-state index < -0.39 is 0 Å². The topological polar surface area (TPSA) is 55.0 Å². The maximum absolute atomic E-state index is 5.77. The molecule has 1 aromatic carbocycles. The van der Waals surface area contributed by atoms with Gasteiger partial charge in [0.15, 0.2) is 5.82 Å². The van der Waals surface area contributed by atoms with Crippen LogP contribution in [0.15, 0.2) is 42.7 Å². The van der Waals surface area contributed by atoms with Gasteiger partial charge in [-0.3, -0.25) is 4.98 Å². The van der Waals surface area contributed by atoms with Gasteiger partial charge in [0.25, 0.3) is 0 Å². The monoisotopic (exact) mass is 254 g/mol. The van der Waals surface area contributed by atoms with Gasteiger partial charge in [-0.05, 0) is 18.4 Å². The first kappa shape index (κ1) is 12.1. The number of hydrogen-bond donors (Lipinski definition) is 1. The molecule has 2 aromatic rings. The van der Waals surface area contributed by atoms with Crippen molar-refractivity contribution >= 4 is 5.82 Å². The number of nitrogens with zero attached hydrogens (tertiary/aromatic N) is 3. The van der Waals surface area contributed by atoms with Crippen molar-refractivity contribution in [2.24, 2.45) is 5.73 Å². The number of rotatable bonds is 3. The molecule has 1 aromatic heterocycles. The van der Waals surface area contributed by atoms with Crippen molar-refractivity contribution in [2.75, 3.05) is 11.4 Å². The van der Waals surface area contributed by atoms with Crippen LogP contribution in [0.4, 0.5) is 5.82 Å². The first-order chi connectivity index (χ1) is 9.40. The van der Waals surface area contributed by atoms with E-state index in [1.165, 1.54) is 12.0 Å². The molecule has 0 aliphatic carbocycles. The number of anilines is 1. The minimum atomic E-state index is 0.392. The second-order valence-electron chi connectivity index (χ2n) is 4.79. The van der Waals surface area contributed by atoms with E-state index in [1.807, 2.05) is 0 Å². The van der Waals surface area contributed by atoms with Crippen molar-refractivity contribution in [1.82, 2.24) is 9.97 Å². The van der Waals surface area contributed by atoms with Gasteiger partial charge in [-0.1, -0.05) is 30.3 Å². The van der Waals surface area contributed by atoms with E-state index >= 15 is 0 Å². The largest absolute Gasteiger partial charge is 0.348 e. The van der Waals surface area contributed by atoms with E-state index in [0.29, 0.717) is 12.6 Å². The summed E-state index contributed by atoms with van der Waals surface area (Å²) in [5.41, 5.74) is 7.99. The zero-order valence-electron chi connectivity index (χ0n) is 10.9. The lowest BCUT2D eigenvalue weighted by molar-refractivity contribution is 0.703. The molecule has 1 aliphatic heterocycles. The Morgan fingerprint density at radius 2 is 1.95 bits per heavy atom. The first-order valence-corrected chi connectivity index (χ1v) is 6.71. The maximum atomic E-state index is 5.77. The van der Waals surface area contributed by atoms with Gasteiger partial charge in [0.1, 0.15) is 0 Å². The third-order valence-corrected chi connectivity index (χ3v) is 3.65. The molecule has 2 heterocycles. The minimum Gasteiger partial charge on any atom is -0.348 e. The summed E-state index contributed by atoms with van der Waals surface area (Å²) in [7, 11) is 0. The molecule has 98 valence electrons. The summed E-state index contributed by atoms with van der Waals surface area (Å²) >= 11 is 0. The second kappa shape index (κ2) is 5.36. The predicted octanol–water partition coefficient (Wildman–Crippen LogP) is 2.28. The first-order valence-electron chi connectivity index (χ1n) is 6.71. The maximum Gasteiger partial charge on any atom is 0.152 e. The molecule has 1 saturated heterocycles. The molecule has 0 amide bonds. The van der Waals surface area contributed by atoms with Crippen molar-refractivity contribution in [1.29, 1.82) is 0 Å². The van der Waals surface area contributed by atoms with E-state index in [-0.39, 0.29) is 0 Å². The van der Waals surface area contributed by atoms with Crippen LogP contribution in [-0.4, -0.2) is 16.5 Å². The predicted molar refractivity (Wildman–Crippen MR) is 75.7 cm³/mol. The third-order valence-electron chi connectivity index (χ3n) is 3.65. The Bertz CT molecular complexity index is 541. The summed E-state index contributed by atoms with van der Waals surface area (Å²) in [6.07, 6.45) is 5.79. The van der Waals surface area contributed by atoms with Crippen LogP contribution >= 0.6 is 0 Å². The van der Waals surface area contributed by atoms with Crippen LogP contribution in [0.25, 0.3) is 0 Å². The van der Waals surface area contributed by atoms with Gasteiger partial charge >= 0.3 is 0 Å². The molecule has 1 unspecified atom stereocenters. The molecule has 1 aliphatic rings. The molecule has 0 radical (unpaired) electrons. The summed E-state index contributed by atoms with van der Waals surface area (Å²) in [6, 6.07) is 11.0. The van der Waals surface area contributed by atoms with E-state index in [9.17, 15) is 0 Å². The Hall–Kier alpha value is -1.94. The molecule has 19 heavy (non-hydrogen) atoms. The van der Waals surface area contributed by atoms with E-state index in [1.54, 1.807) is 12.4 Å². The van der Waals surface area contributed by atoms with Crippen molar-refractivity contribution in [3.63, 3.8) is 0 Å². The molecule has 0 spiro atoms. The normalized spacial score (nSPS) is 18.8. The Balaban J connectivity index is 1.95. The van der Waals surface area contributed by atoms with E-state index in [4.69, 9.17) is 5.73 Å². The lowest BCUT2D eigenvalue weighted by atomic mass is 10.0. The average Bonchev–Trinajstić information content (AvgIpc) is 2.97. The summed E-state index contributed by atoms with van der Waals surface area (Å²) in [5, 5.41) is 0. The number of aromatic nitrogens is 2. The molecule has 4 heteroatoms. The zero-order chi connectivity index (χ0) is 13.1. The fourth-order valence-electron chi connectivity index (χ4n) is 2.79. The smallest absolute Gasteiger partial charge is 0.152 e. The Kier molecular flexibility index (Phi) is 3.42. The van der Waals surface area contributed by atoms with E-state index in [0.717, 1.165) is 24.5 Å². The van der Waals surface area contributed by atoms with Crippen molar-refractivity contribution in [2.45, 2.75) is 25.4 Å². The van der Waals surface area contributed by atoms with Gasteiger partial charge in [0.05, 0.1) is 11.7 Å². The fraction of sp³-hybridized carbons (Fsp3) is 0.333. The highest BCUT2D eigenvalue weighted by Crippen LogP contribution is 2.35. The fourth-order valence-corrected chi connectivity index (χ4v) is 2.79. The van der Waals surface area contributed by atoms with Crippen LogP contribution < -0.4 is 10.6 Å². The second-order valence-corrected chi connectivity index (χ2v) is 4.79. The van der Waals surface area contributed by atoms with Gasteiger partial charge in [-0.15, -0.1) is 0 Å². The van der Waals surface area contributed by atoms with Crippen molar-refractivity contribution < 1.29 is 0 Å². The Morgan fingerprint density at radius 1 is 1.16 bits per heavy atom. The standard InChI is InChI=1S/C15H18N4/c16-11-13-15(18-9-8-17-13)19-10-4-7-14(19)12-5-2-1-3-6-12/h1-3,5-6,8-9,14H,4,7,10-11,16H2. The molecule has 1 fully saturated rings. The quantitative estimate of drug-likeness (QED) is 0.913. The molecule has 4 nitrogen and oxygen atoms in total. The zero-order valence-corrected chi connectivity index (χ0v) is 10.9. The summed E-state index contributed by atoms with van der Waals surface area (Å²) < 4.78 is 0. The molecule has 1 atom stereocenters.